The van der Waals surface area contributed by atoms with Crippen LogP contribution in [0.1, 0.15) is 67.7 Å². The summed E-state index contributed by atoms with van der Waals surface area (Å²) < 4.78 is 13.2. The number of carbonyl (C=O) groups excluding carboxylic acids is 1. The number of carbonyl (C=O) groups is 1. The highest BCUT2D eigenvalue weighted by Gasteiger charge is 2.44. The summed E-state index contributed by atoms with van der Waals surface area (Å²) in [5.74, 6) is 0.918. The van der Waals surface area contributed by atoms with Crippen LogP contribution in [-0.2, 0) is 9.36 Å². The van der Waals surface area contributed by atoms with E-state index in [2.05, 4.69) is 34.6 Å². The lowest BCUT2D eigenvalue weighted by Crippen LogP contribution is -2.48. The van der Waals surface area contributed by atoms with E-state index in [1.165, 1.54) is 0 Å². The molecular weight excluding hydrogens is 293 g/mol. The highest BCUT2D eigenvalue weighted by atomic mass is 31.2. The Bertz CT molecular complexity index is 379. The third-order valence-electron chi connectivity index (χ3n) is 4.35. The first kappa shape index (κ1) is 21.7. The minimum Gasteiger partial charge on any atom is -0.341 e. The second-order valence-electron chi connectivity index (χ2n) is 8.09. The topological polar surface area (TPSA) is 37.4 Å². The van der Waals surface area contributed by atoms with Crippen molar-refractivity contribution in [2.24, 2.45) is 11.8 Å². The maximum Gasteiger partial charge on any atom is 0.235 e. The Kier molecular flexibility index (Phi) is 8.98. The summed E-state index contributed by atoms with van der Waals surface area (Å²) in [5.41, 5.74) is 0. The van der Waals surface area contributed by atoms with E-state index >= 15 is 0 Å². The second kappa shape index (κ2) is 9.11. The van der Waals surface area contributed by atoms with Crippen molar-refractivity contribution in [3.05, 3.63) is 0 Å². The van der Waals surface area contributed by atoms with Gasteiger partial charge in [0.2, 0.25) is 5.91 Å². The van der Waals surface area contributed by atoms with Crippen LogP contribution in [0.5, 0.6) is 0 Å². The average Bonchev–Trinajstić information content (AvgIpc) is 2.35. The normalized spacial score (nSPS) is 15.2. The van der Waals surface area contributed by atoms with Gasteiger partial charge in [0.1, 0.15) is 0 Å². The van der Waals surface area contributed by atoms with E-state index in [9.17, 15) is 9.36 Å². The predicted molar refractivity (Wildman–Crippen MR) is 98.3 cm³/mol. The zero-order valence-corrected chi connectivity index (χ0v) is 17.0. The first-order valence-electron chi connectivity index (χ1n) is 8.81. The third-order valence-corrected chi connectivity index (χ3v) is 8.08. The quantitative estimate of drug-likeness (QED) is 0.413. The Labute approximate surface area is 138 Å². The molecule has 1 atom stereocenters. The average molecular weight is 331 g/mol. The van der Waals surface area contributed by atoms with Crippen molar-refractivity contribution in [3.63, 3.8) is 0 Å². The summed E-state index contributed by atoms with van der Waals surface area (Å²) in [6.45, 7) is 17.7. The number of hydrogen-bond donors (Lipinski definition) is 0. The standard InChI is InChI=1S/C18H38NO2P/c1-9-10-11-12-22(8,21)18(6,7)17(20)19(13-15(2)3)14-16(4)5/h15-16H,9-14H2,1-8H3. The Balaban J connectivity index is 5.17. The van der Waals surface area contributed by atoms with Gasteiger partial charge in [-0.3, -0.25) is 4.79 Å². The summed E-state index contributed by atoms with van der Waals surface area (Å²) in [6.07, 6.45) is 3.83. The van der Waals surface area contributed by atoms with Crippen LogP contribution in [0.4, 0.5) is 0 Å². The number of hydrogen-bond acceptors (Lipinski definition) is 2. The smallest absolute Gasteiger partial charge is 0.235 e. The van der Waals surface area contributed by atoms with Gasteiger partial charge in [-0.05, 0) is 38.8 Å². The first-order valence-corrected chi connectivity index (χ1v) is 11.2. The van der Waals surface area contributed by atoms with Gasteiger partial charge in [0.05, 0.1) is 12.3 Å². The van der Waals surface area contributed by atoms with E-state index in [1.807, 2.05) is 25.4 Å². The summed E-state index contributed by atoms with van der Waals surface area (Å²) in [5, 5.41) is -0.759. The van der Waals surface area contributed by atoms with Crippen LogP contribution in [-0.4, -0.2) is 41.9 Å². The molecule has 0 aliphatic heterocycles. The summed E-state index contributed by atoms with van der Waals surface area (Å²) in [6, 6.07) is 0. The summed E-state index contributed by atoms with van der Waals surface area (Å²) in [7, 11) is -2.51. The molecule has 0 heterocycles. The first-order chi connectivity index (χ1) is 9.95. The molecule has 0 radical (unpaired) electrons. The molecule has 0 aliphatic rings. The van der Waals surface area contributed by atoms with Crippen LogP contribution in [0, 0.1) is 11.8 Å². The van der Waals surface area contributed by atoms with Crippen LogP contribution in [0.15, 0.2) is 0 Å². The van der Waals surface area contributed by atoms with Crippen LogP contribution >= 0.6 is 7.14 Å². The van der Waals surface area contributed by atoms with Gasteiger partial charge in [0.25, 0.3) is 0 Å². The van der Waals surface area contributed by atoms with E-state index in [0.717, 1.165) is 32.4 Å². The van der Waals surface area contributed by atoms with Gasteiger partial charge in [-0.25, -0.2) is 0 Å². The lowest BCUT2D eigenvalue weighted by molar-refractivity contribution is -0.134. The molecule has 1 amide bonds. The van der Waals surface area contributed by atoms with Gasteiger partial charge in [-0.15, -0.1) is 0 Å². The van der Waals surface area contributed by atoms with Crippen LogP contribution < -0.4 is 0 Å². The molecule has 0 fully saturated rings. The molecule has 132 valence electrons. The molecule has 0 bridgehead atoms. The molecule has 0 saturated carbocycles. The predicted octanol–water partition coefficient (Wildman–Crippen LogP) is 5.09. The van der Waals surface area contributed by atoms with Gasteiger partial charge in [0, 0.05) is 19.3 Å². The van der Waals surface area contributed by atoms with Gasteiger partial charge in [-0.1, -0.05) is 47.5 Å². The monoisotopic (exact) mass is 331 g/mol. The van der Waals surface area contributed by atoms with Crippen molar-refractivity contribution in [2.75, 3.05) is 25.9 Å². The van der Waals surface area contributed by atoms with E-state index < -0.39 is 12.3 Å². The highest BCUT2D eigenvalue weighted by molar-refractivity contribution is 7.65. The third kappa shape index (κ3) is 6.44. The maximum absolute atomic E-state index is 13.2. The van der Waals surface area contributed by atoms with Gasteiger partial charge in [-0.2, -0.15) is 0 Å². The molecule has 0 aromatic heterocycles. The Morgan fingerprint density at radius 1 is 1.05 bits per heavy atom. The van der Waals surface area contributed by atoms with Crippen molar-refractivity contribution >= 4 is 13.0 Å². The summed E-state index contributed by atoms with van der Waals surface area (Å²) in [4.78, 5) is 15.0. The molecule has 0 rings (SSSR count). The van der Waals surface area contributed by atoms with Crippen molar-refractivity contribution in [2.45, 2.75) is 72.9 Å². The zero-order chi connectivity index (χ0) is 17.6. The lowest BCUT2D eigenvalue weighted by Gasteiger charge is -2.37. The van der Waals surface area contributed by atoms with Crippen LogP contribution in [0.3, 0.4) is 0 Å². The van der Waals surface area contributed by atoms with E-state index in [4.69, 9.17) is 0 Å². The van der Waals surface area contributed by atoms with Gasteiger partial charge in [0.15, 0.2) is 0 Å². The van der Waals surface area contributed by atoms with Crippen molar-refractivity contribution < 1.29 is 9.36 Å². The molecule has 1 unspecified atom stereocenters. The number of amides is 1. The highest BCUT2D eigenvalue weighted by Crippen LogP contribution is 2.56. The largest absolute Gasteiger partial charge is 0.341 e. The molecule has 0 aliphatic carbocycles. The van der Waals surface area contributed by atoms with Crippen LogP contribution in [0.25, 0.3) is 0 Å². The van der Waals surface area contributed by atoms with Crippen LogP contribution in [0.2, 0.25) is 0 Å². The molecule has 22 heavy (non-hydrogen) atoms. The Morgan fingerprint density at radius 2 is 1.50 bits per heavy atom. The molecule has 0 N–H and O–H groups in total. The molecule has 4 heteroatoms. The Hall–Kier alpha value is -0.300. The molecule has 0 aromatic rings. The summed E-state index contributed by atoms with van der Waals surface area (Å²) >= 11 is 0. The fourth-order valence-electron chi connectivity index (χ4n) is 2.65. The molecule has 0 aromatic carbocycles. The lowest BCUT2D eigenvalue weighted by atomic mass is 10.1. The number of rotatable bonds is 10. The zero-order valence-electron chi connectivity index (χ0n) is 16.1. The van der Waals surface area contributed by atoms with Gasteiger partial charge >= 0.3 is 0 Å². The van der Waals surface area contributed by atoms with Crippen molar-refractivity contribution in [1.29, 1.82) is 0 Å². The number of unbranched alkanes of at least 4 members (excludes halogenated alkanes) is 2. The molecule has 0 saturated heterocycles. The molecular formula is C18H38NO2P. The second-order valence-corrected chi connectivity index (χ2v) is 11.9. The molecule has 0 spiro atoms. The minimum absolute atomic E-state index is 0.0669. The fraction of sp³-hybridized carbons (Fsp3) is 0.944. The minimum atomic E-state index is -2.51. The SMILES string of the molecule is CCCCCP(C)(=O)C(C)(C)C(=O)N(CC(C)C)CC(C)C. The van der Waals surface area contributed by atoms with Crippen molar-refractivity contribution in [1.82, 2.24) is 4.90 Å². The maximum atomic E-state index is 13.2. The van der Waals surface area contributed by atoms with E-state index in [-0.39, 0.29) is 5.91 Å². The Morgan fingerprint density at radius 3 is 1.86 bits per heavy atom. The molecule has 3 nitrogen and oxygen atoms in total. The van der Waals surface area contributed by atoms with E-state index in [1.54, 1.807) is 0 Å². The van der Waals surface area contributed by atoms with Gasteiger partial charge < -0.3 is 9.46 Å². The van der Waals surface area contributed by atoms with E-state index in [0.29, 0.717) is 18.0 Å². The number of nitrogens with zero attached hydrogens (tertiary/aromatic N) is 1. The van der Waals surface area contributed by atoms with Crippen molar-refractivity contribution in [3.8, 4) is 0 Å². The fourth-order valence-corrected chi connectivity index (χ4v) is 4.59.